The number of nitrogens with zero attached hydrogens (tertiary/aromatic N) is 1. The molecule has 1 aromatic carbocycles. The topological polar surface area (TPSA) is 81.5 Å². The van der Waals surface area contributed by atoms with E-state index in [1.807, 2.05) is 0 Å². The van der Waals surface area contributed by atoms with Crippen LogP contribution in [0.4, 0.5) is 5.69 Å². The van der Waals surface area contributed by atoms with Crippen LogP contribution in [0.25, 0.3) is 0 Å². The average Bonchev–Trinajstić information content (AvgIpc) is 2.30. The fraction of sp³-hybridized carbons (Fsp3) is 0.300. The van der Waals surface area contributed by atoms with Gasteiger partial charge in [-0.3, -0.25) is 19.7 Å². The summed E-state index contributed by atoms with van der Waals surface area (Å²) in [5.41, 5.74) is 2.52. The minimum absolute atomic E-state index is 0.0508. The minimum Gasteiger partial charge on any atom is -0.273 e. The van der Waals surface area contributed by atoms with Gasteiger partial charge in [0.05, 0.1) is 10.5 Å². The third-order valence-electron chi connectivity index (χ3n) is 2.01. The van der Waals surface area contributed by atoms with Gasteiger partial charge in [-0.05, 0) is 6.07 Å². The summed E-state index contributed by atoms with van der Waals surface area (Å²) >= 11 is 3.20. The molecule has 0 heterocycles. The van der Waals surface area contributed by atoms with Crippen LogP contribution in [0.1, 0.15) is 18.9 Å². The summed E-state index contributed by atoms with van der Waals surface area (Å²) in [5.74, 6) is -0.278. The maximum absolute atomic E-state index is 10.9. The Morgan fingerprint density at radius 2 is 2.29 bits per heavy atom. The Morgan fingerprint density at radius 3 is 2.88 bits per heavy atom. The lowest BCUT2D eigenvalue weighted by Crippen LogP contribution is -2.22. The number of amides is 1. The molecule has 6 nitrogen and oxygen atoms in total. The molecule has 0 saturated heterocycles. The van der Waals surface area contributed by atoms with E-state index in [9.17, 15) is 14.9 Å². The molecule has 1 amide bonds. The van der Waals surface area contributed by atoms with Gasteiger partial charge in [0, 0.05) is 17.0 Å². The van der Waals surface area contributed by atoms with Crippen LogP contribution in [0.2, 0.25) is 0 Å². The third-order valence-corrected chi connectivity index (χ3v) is 2.76. The molecule has 0 saturated carbocycles. The molecule has 92 valence electrons. The lowest BCUT2D eigenvalue weighted by molar-refractivity contribution is -0.386. The van der Waals surface area contributed by atoms with Gasteiger partial charge in [0.2, 0.25) is 5.91 Å². The Balaban J connectivity index is 2.76. The molecule has 0 spiro atoms. The Bertz CT molecular complexity index is 436. The molecule has 7 heteroatoms. The van der Waals surface area contributed by atoms with Crippen molar-refractivity contribution in [2.75, 3.05) is 0 Å². The highest BCUT2D eigenvalue weighted by atomic mass is 79.9. The second kappa shape index (κ2) is 6.31. The quantitative estimate of drug-likeness (QED) is 0.668. The van der Waals surface area contributed by atoms with E-state index in [-0.39, 0.29) is 24.6 Å². The van der Waals surface area contributed by atoms with Crippen LogP contribution in [0, 0.1) is 10.1 Å². The van der Waals surface area contributed by atoms with Crippen molar-refractivity contribution in [2.45, 2.75) is 20.0 Å². The van der Waals surface area contributed by atoms with Gasteiger partial charge < -0.3 is 0 Å². The number of carbonyl (C=O) groups is 1. The highest BCUT2D eigenvalue weighted by molar-refractivity contribution is 9.10. The number of rotatable bonds is 5. The number of hydrogen-bond donors (Lipinski definition) is 1. The summed E-state index contributed by atoms with van der Waals surface area (Å²) in [7, 11) is 0. The molecular weight excluding hydrogens is 292 g/mol. The van der Waals surface area contributed by atoms with E-state index >= 15 is 0 Å². The first kappa shape index (κ1) is 13.6. The van der Waals surface area contributed by atoms with Gasteiger partial charge >= 0.3 is 0 Å². The van der Waals surface area contributed by atoms with E-state index in [0.717, 1.165) is 0 Å². The average molecular weight is 303 g/mol. The molecular formula is C10H11BrN2O4. The van der Waals surface area contributed by atoms with E-state index in [1.165, 1.54) is 6.07 Å². The van der Waals surface area contributed by atoms with Crippen molar-refractivity contribution in [3.05, 3.63) is 38.3 Å². The Kier molecular flexibility index (Phi) is 5.05. The lowest BCUT2D eigenvalue weighted by atomic mass is 10.2. The van der Waals surface area contributed by atoms with Crippen LogP contribution in [-0.2, 0) is 16.2 Å². The van der Waals surface area contributed by atoms with Gasteiger partial charge in [-0.1, -0.05) is 28.9 Å². The Labute approximate surface area is 106 Å². The first-order valence-electron chi connectivity index (χ1n) is 4.88. The van der Waals surface area contributed by atoms with Gasteiger partial charge in [0.15, 0.2) is 0 Å². The molecule has 0 fully saturated rings. The predicted octanol–water partition coefficient (Wildman–Crippen LogP) is 2.32. The zero-order valence-electron chi connectivity index (χ0n) is 9.10. The number of hydrogen-bond acceptors (Lipinski definition) is 4. The fourth-order valence-corrected chi connectivity index (χ4v) is 1.59. The summed E-state index contributed by atoms with van der Waals surface area (Å²) in [4.78, 5) is 26.1. The second-order valence-corrected chi connectivity index (χ2v) is 4.02. The van der Waals surface area contributed by atoms with Gasteiger partial charge in [0.25, 0.3) is 5.69 Å². The van der Waals surface area contributed by atoms with Crippen molar-refractivity contribution in [3.63, 3.8) is 0 Å². The summed E-state index contributed by atoms with van der Waals surface area (Å²) < 4.78 is 0.567. The van der Waals surface area contributed by atoms with Gasteiger partial charge in [-0.25, -0.2) is 5.48 Å². The standard InChI is InChI=1S/C10H11BrN2O4/c1-2-10(14)12-17-6-7-8(11)4-3-5-9(7)13(15)16/h3-5H,2,6H2,1H3,(H,12,14). The lowest BCUT2D eigenvalue weighted by Gasteiger charge is -2.07. The van der Waals surface area contributed by atoms with Crippen LogP contribution in [0.3, 0.4) is 0 Å². The molecule has 1 aromatic rings. The van der Waals surface area contributed by atoms with E-state index in [2.05, 4.69) is 21.4 Å². The van der Waals surface area contributed by atoms with Crippen molar-refractivity contribution < 1.29 is 14.6 Å². The highest BCUT2D eigenvalue weighted by Gasteiger charge is 2.16. The van der Waals surface area contributed by atoms with Crippen molar-refractivity contribution in [3.8, 4) is 0 Å². The maximum atomic E-state index is 10.9. The van der Waals surface area contributed by atoms with Crippen LogP contribution in [0.5, 0.6) is 0 Å². The number of nitro benzene ring substituents is 1. The van der Waals surface area contributed by atoms with E-state index in [4.69, 9.17) is 4.84 Å². The van der Waals surface area contributed by atoms with Crippen LogP contribution in [0.15, 0.2) is 22.7 Å². The summed E-state index contributed by atoms with van der Waals surface area (Å²) in [5, 5.41) is 10.8. The smallest absolute Gasteiger partial charge is 0.273 e. The highest BCUT2D eigenvalue weighted by Crippen LogP contribution is 2.26. The van der Waals surface area contributed by atoms with Gasteiger partial charge in [-0.2, -0.15) is 0 Å². The first-order chi connectivity index (χ1) is 8.06. The van der Waals surface area contributed by atoms with E-state index in [0.29, 0.717) is 10.0 Å². The van der Waals surface area contributed by atoms with E-state index < -0.39 is 4.92 Å². The van der Waals surface area contributed by atoms with Crippen LogP contribution in [-0.4, -0.2) is 10.8 Å². The number of nitrogens with one attached hydrogen (secondary N) is 1. The molecule has 17 heavy (non-hydrogen) atoms. The number of hydroxylamine groups is 1. The largest absolute Gasteiger partial charge is 0.276 e. The van der Waals surface area contributed by atoms with Crippen LogP contribution >= 0.6 is 15.9 Å². The van der Waals surface area contributed by atoms with Crippen molar-refractivity contribution in [2.24, 2.45) is 0 Å². The number of benzene rings is 1. The molecule has 0 radical (unpaired) electrons. The molecule has 0 aliphatic rings. The molecule has 0 aliphatic heterocycles. The third kappa shape index (κ3) is 3.79. The first-order valence-corrected chi connectivity index (χ1v) is 5.68. The molecule has 0 aromatic heterocycles. The molecule has 1 rings (SSSR count). The molecule has 0 bridgehead atoms. The molecule has 1 N–H and O–H groups in total. The second-order valence-electron chi connectivity index (χ2n) is 3.16. The monoisotopic (exact) mass is 302 g/mol. The molecule has 0 unspecified atom stereocenters. The fourth-order valence-electron chi connectivity index (χ4n) is 1.12. The number of carbonyl (C=O) groups excluding carboxylic acids is 1. The van der Waals surface area contributed by atoms with Gasteiger partial charge in [-0.15, -0.1) is 0 Å². The summed E-state index contributed by atoms with van der Waals surface area (Å²) in [6, 6.07) is 4.62. The normalized spacial score (nSPS) is 10.0. The number of nitro groups is 1. The number of halogens is 1. The Morgan fingerprint density at radius 1 is 1.59 bits per heavy atom. The van der Waals surface area contributed by atoms with Crippen molar-refractivity contribution >= 4 is 27.5 Å². The van der Waals surface area contributed by atoms with Crippen molar-refractivity contribution in [1.29, 1.82) is 0 Å². The minimum atomic E-state index is -0.495. The summed E-state index contributed by atoms with van der Waals surface area (Å²) in [6.45, 7) is 1.61. The Hall–Kier alpha value is -1.47. The zero-order chi connectivity index (χ0) is 12.8. The maximum Gasteiger partial charge on any atom is 0.276 e. The SMILES string of the molecule is CCC(=O)NOCc1c(Br)cccc1[N+](=O)[O-]. The predicted molar refractivity (Wildman–Crippen MR) is 64.0 cm³/mol. The zero-order valence-corrected chi connectivity index (χ0v) is 10.7. The molecule has 0 atom stereocenters. The summed E-state index contributed by atoms with van der Waals surface area (Å²) in [6.07, 6.45) is 0.290. The van der Waals surface area contributed by atoms with Crippen molar-refractivity contribution in [1.82, 2.24) is 5.48 Å². The van der Waals surface area contributed by atoms with Gasteiger partial charge in [0.1, 0.15) is 6.61 Å². The van der Waals surface area contributed by atoms with E-state index in [1.54, 1.807) is 19.1 Å². The molecule has 0 aliphatic carbocycles. The van der Waals surface area contributed by atoms with Crippen LogP contribution < -0.4 is 5.48 Å².